The van der Waals surface area contributed by atoms with E-state index in [1.807, 2.05) is 0 Å². The third-order valence-corrected chi connectivity index (χ3v) is 4.96. The summed E-state index contributed by atoms with van der Waals surface area (Å²) in [5, 5.41) is 12.9. The van der Waals surface area contributed by atoms with Gasteiger partial charge in [-0.15, -0.1) is 0 Å². The standard InChI is InChI=1S/C21H22F2N2O4/c1-2-21(15-7-9-16(22)10-8-15)19(27)25(20(28)24-21)11-17(26)13-29-12-14-5-3-4-6-18(14)23/h3-10,17,26H,2,11-13H2,1H3,(H,24,28). The zero-order chi connectivity index (χ0) is 21.0. The fourth-order valence-electron chi connectivity index (χ4n) is 3.35. The molecule has 2 aromatic carbocycles. The molecule has 1 aliphatic heterocycles. The summed E-state index contributed by atoms with van der Waals surface area (Å²) in [6.45, 7) is 1.24. The number of nitrogens with one attached hydrogen (secondary N) is 1. The van der Waals surface area contributed by atoms with Crippen molar-refractivity contribution in [3.63, 3.8) is 0 Å². The molecule has 2 unspecified atom stereocenters. The summed E-state index contributed by atoms with van der Waals surface area (Å²) in [5.74, 6) is -1.39. The summed E-state index contributed by atoms with van der Waals surface area (Å²) < 4.78 is 32.1. The Bertz CT molecular complexity index is 891. The van der Waals surface area contributed by atoms with Gasteiger partial charge in [-0.2, -0.15) is 0 Å². The molecule has 0 saturated carbocycles. The Balaban J connectivity index is 1.63. The number of halogens is 2. The van der Waals surface area contributed by atoms with Gasteiger partial charge in [-0.3, -0.25) is 9.69 Å². The van der Waals surface area contributed by atoms with E-state index in [1.54, 1.807) is 25.1 Å². The number of benzene rings is 2. The first-order chi connectivity index (χ1) is 13.9. The van der Waals surface area contributed by atoms with Gasteiger partial charge in [-0.25, -0.2) is 13.6 Å². The Labute approximate surface area is 167 Å². The van der Waals surface area contributed by atoms with Crippen LogP contribution in [0.15, 0.2) is 48.5 Å². The SMILES string of the molecule is CCC1(c2ccc(F)cc2)NC(=O)N(CC(O)COCc2ccccc2F)C1=O. The van der Waals surface area contributed by atoms with Crippen LogP contribution in [-0.4, -0.2) is 41.2 Å². The van der Waals surface area contributed by atoms with E-state index in [9.17, 15) is 23.5 Å². The summed E-state index contributed by atoms with van der Waals surface area (Å²) in [5.41, 5.74) is -0.498. The molecule has 0 bridgehead atoms. The highest BCUT2D eigenvalue weighted by Gasteiger charge is 2.51. The van der Waals surface area contributed by atoms with E-state index in [1.165, 1.54) is 30.3 Å². The van der Waals surface area contributed by atoms with Crippen LogP contribution < -0.4 is 5.32 Å². The van der Waals surface area contributed by atoms with Crippen LogP contribution in [0.2, 0.25) is 0 Å². The Morgan fingerprint density at radius 3 is 2.48 bits per heavy atom. The highest BCUT2D eigenvalue weighted by atomic mass is 19.1. The molecule has 3 rings (SSSR count). The molecule has 3 amide bonds. The molecule has 1 aliphatic rings. The average Bonchev–Trinajstić information content (AvgIpc) is 2.95. The number of aliphatic hydroxyl groups is 1. The third-order valence-electron chi connectivity index (χ3n) is 4.96. The number of hydrogen-bond acceptors (Lipinski definition) is 4. The molecular weight excluding hydrogens is 382 g/mol. The highest BCUT2D eigenvalue weighted by Crippen LogP contribution is 2.32. The van der Waals surface area contributed by atoms with Gasteiger partial charge in [0, 0.05) is 5.56 Å². The van der Waals surface area contributed by atoms with Crippen LogP contribution in [0.3, 0.4) is 0 Å². The molecule has 0 aliphatic carbocycles. The van der Waals surface area contributed by atoms with E-state index in [4.69, 9.17) is 4.74 Å². The van der Waals surface area contributed by atoms with Gasteiger partial charge in [0.1, 0.15) is 17.2 Å². The largest absolute Gasteiger partial charge is 0.389 e. The smallest absolute Gasteiger partial charge is 0.325 e. The van der Waals surface area contributed by atoms with Crippen molar-refractivity contribution in [1.82, 2.24) is 10.2 Å². The number of carbonyl (C=O) groups is 2. The molecular formula is C21H22F2N2O4. The van der Waals surface area contributed by atoms with Crippen LogP contribution in [-0.2, 0) is 21.7 Å². The summed E-state index contributed by atoms with van der Waals surface area (Å²) >= 11 is 0. The number of imide groups is 1. The highest BCUT2D eigenvalue weighted by molar-refractivity contribution is 6.07. The van der Waals surface area contributed by atoms with Crippen molar-refractivity contribution >= 4 is 11.9 Å². The van der Waals surface area contributed by atoms with E-state index in [0.717, 1.165) is 4.90 Å². The average molecular weight is 404 g/mol. The minimum Gasteiger partial charge on any atom is -0.389 e. The molecule has 29 heavy (non-hydrogen) atoms. The summed E-state index contributed by atoms with van der Waals surface area (Å²) in [6.07, 6.45) is -0.878. The van der Waals surface area contributed by atoms with E-state index >= 15 is 0 Å². The van der Waals surface area contributed by atoms with Crippen molar-refractivity contribution in [2.45, 2.75) is 31.6 Å². The molecule has 0 spiro atoms. The molecule has 8 heteroatoms. The van der Waals surface area contributed by atoms with Crippen molar-refractivity contribution in [3.05, 3.63) is 71.3 Å². The number of urea groups is 1. The van der Waals surface area contributed by atoms with E-state index in [2.05, 4.69) is 5.32 Å². The minimum atomic E-state index is -1.31. The molecule has 154 valence electrons. The van der Waals surface area contributed by atoms with Gasteiger partial charge in [0.15, 0.2) is 0 Å². The molecule has 2 atom stereocenters. The monoisotopic (exact) mass is 404 g/mol. The fraction of sp³-hybridized carbons (Fsp3) is 0.333. The number of β-amino-alcohol motifs (C(OH)–C–C–N with tert-alkyl or cyclic N) is 1. The second-order valence-electron chi connectivity index (χ2n) is 6.87. The van der Waals surface area contributed by atoms with Crippen molar-refractivity contribution in [3.8, 4) is 0 Å². The maximum absolute atomic E-state index is 13.6. The number of rotatable bonds is 8. The number of nitrogens with zero attached hydrogens (tertiary/aromatic N) is 1. The Morgan fingerprint density at radius 1 is 1.14 bits per heavy atom. The minimum absolute atomic E-state index is 0.0433. The quantitative estimate of drug-likeness (QED) is 0.663. The van der Waals surface area contributed by atoms with Gasteiger partial charge < -0.3 is 15.2 Å². The van der Waals surface area contributed by atoms with Crippen LogP contribution in [0.1, 0.15) is 24.5 Å². The van der Waals surface area contributed by atoms with E-state index < -0.39 is 35.2 Å². The van der Waals surface area contributed by atoms with Gasteiger partial charge in [0.2, 0.25) is 0 Å². The number of aliphatic hydroxyl groups excluding tert-OH is 1. The Kier molecular flexibility index (Phi) is 6.24. The van der Waals surface area contributed by atoms with Crippen molar-refractivity contribution in [2.24, 2.45) is 0 Å². The first kappa shape index (κ1) is 20.9. The number of hydrogen-bond donors (Lipinski definition) is 2. The van der Waals surface area contributed by atoms with Gasteiger partial charge in [-0.1, -0.05) is 37.3 Å². The summed E-state index contributed by atoms with van der Waals surface area (Å²) in [6, 6.07) is 10.8. The van der Waals surface area contributed by atoms with E-state index in [0.29, 0.717) is 11.1 Å². The van der Waals surface area contributed by atoms with E-state index in [-0.39, 0.29) is 26.2 Å². The lowest BCUT2D eigenvalue weighted by Crippen LogP contribution is -2.44. The lowest BCUT2D eigenvalue weighted by Gasteiger charge is -2.26. The first-order valence-electron chi connectivity index (χ1n) is 9.26. The molecule has 2 N–H and O–H groups in total. The number of carbonyl (C=O) groups excluding carboxylic acids is 2. The maximum Gasteiger partial charge on any atom is 0.325 e. The lowest BCUT2D eigenvalue weighted by molar-refractivity contribution is -0.133. The first-order valence-corrected chi connectivity index (χ1v) is 9.26. The predicted octanol–water partition coefficient (Wildman–Crippen LogP) is 2.70. The second-order valence-corrected chi connectivity index (χ2v) is 6.87. The van der Waals surface area contributed by atoms with Crippen LogP contribution in [0.5, 0.6) is 0 Å². The Hall–Kier alpha value is -2.84. The molecule has 6 nitrogen and oxygen atoms in total. The van der Waals surface area contributed by atoms with Gasteiger partial charge in [-0.05, 0) is 30.2 Å². The van der Waals surface area contributed by atoms with Crippen LogP contribution in [0.25, 0.3) is 0 Å². The maximum atomic E-state index is 13.6. The van der Waals surface area contributed by atoms with Crippen molar-refractivity contribution in [2.75, 3.05) is 13.2 Å². The van der Waals surface area contributed by atoms with Crippen molar-refractivity contribution in [1.29, 1.82) is 0 Å². The zero-order valence-electron chi connectivity index (χ0n) is 15.9. The normalized spacial score (nSPS) is 20.1. The molecule has 2 aromatic rings. The molecule has 1 fully saturated rings. The molecule has 1 heterocycles. The van der Waals surface area contributed by atoms with Crippen LogP contribution in [0, 0.1) is 11.6 Å². The second kappa shape index (κ2) is 8.67. The topological polar surface area (TPSA) is 78.9 Å². The van der Waals surface area contributed by atoms with Gasteiger partial charge >= 0.3 is 6.03 Å². The fourth-order valence-corrected chi connectivity index (χ4v) is 3.35. The predicted molar refractivity (Wildman–Crippen MR) is 101 cm³/mol. The van der Waals surface area contributed by atoms with Gasteiger partial charge in [0.05, 0.1) is 25.9 Å². The third kappa shape index (κ3) is 4.28. The lowest BCUT2D eigenvalue weighted by atomic mass is 9.87. The van der Waals surface area contributed by atoms with Gasteiger partial charge in [0.25, 0.3) is 5.91 Å². The molecule has 1 saturated heterocycles. The number of ether oxygens (including phenoxy) is 1. The zero-order valence-corrected chi connectivity index (χ0v) is 15.9. The summed E-state index contributed by atoms with van der Waals surface area (Å²) in [7, 11) is 0. The molecule has 0 radical (unpaired) electrons. The Morgan fingerprint density at radius 2 is 1.83 bits per heavy atom. The van der Waals surface area contributed by atoms with Crippen LogP contribution >= 0.6 is 0 Å². The molecule has 0 aromatic heterocycles. The summed E-state index contributed by atoms with van der Waals surface area (Å²) in [4.78, 5) is 26.3. The van der Waals surface area contributed by atoms with Crippen LogP contribution in [0.4, 0.5) is 13.6 Å². The number of amides is 3. The van der Waals surface area contributed by atoms with Crippen molar-refractivity contribution < 1.29 is 28.2 Å².